The molecule has 2 saturated heterocycles. The van der Waals surface area contributed by atoms with Crippen molar-refractivity contribution in [1.82, 2.24) is 4.90 Å². The Kier molecular flexibility index (Phi) is 3.42. The van der Waals surface area contributed by atoms with Gasteiger partial charge < -0.3 is 10.5 Å². The molecular weight excluding hydrogens is 212 g/mol. The van der Waals surface area contributed by atoms with Crippen LogP contribution in [0.25, 0.3) is 0 Å². The Morgan fingerprint density at radius 1 is 1.18 bits per heavy atom. The van der Waals surface area contributed by atoms with Gasteiger partial charge in [-0.25, -0.2) is 0 Å². The van der Waals surface area contributed by atoms with E-state index < -0.39 is 0 Å². The van der Waals surface area contributed by atoms with E-state index in [1.807, 2.05) is 0 Å². The first kappa shape index (κ1) is 11.9. The largest absolute Gasteiger partial charge is 0.379 e. The molecule has 1 aliphatic carbocycles. The highest BCUT2D eigenvalue weighted by molar-refractivity contribution is 5.01. The van der Waals surface area contributed by atoms with E-state index in [0.717, 1.165) is 38.1 Å². The first-order valence-corrected chi connectivity index (χ1v) is 7.40. The molecule has 0 radical (unpaired) electrons. The van der Waals surface area contributed by atoms with E-state index in [-0.39, 0.29) is 5.54 Å². The van der Waals surface area contributed by atoms with Gasteiger partial charge in [-0.3, -0.25) is 4.90 Å². The van der Waals surface area contributed by atoms with Gasteiger partial charge in [0.05, 0.1) is 12.1 Å². The van der Waals surface area contributed by atoms with Crippen molar-refractivity contribution in [3.8, 4) is 0 Å². The van der Waals surface area contributed by atoms with Gasteiger partial charge in [-0.15, -0.1) is 0 Å². The second-order valence-corrected chi connectivity index (χ2v) is 6.18. The molecular formula is C14H26N2O. The van der Waals surface area contributed by atoms with Gasteiger partial charge in [-0.2, -0.15) is 0 Å². The van der Waals surface area contributed by atoms with Gasteiger partial charge in [0, 0.05) is 19.2 Å². The van der Waals surface area contributed by atoms with E-state index in [4.69, 9.17) is 10.5 Å². The molecule has 2 aliphatic heterocycles. The molecule has 1 saturated carbocycles. The van der Waals surface area contributed by atoms with Crippen LogP contribution in [0, 0.1) is 5.92 Å². The van der Waals surface area contributed by atoms with Gasteiger partial charge in [-0.05, 0) is 44.6 Å². The number of hydrogen-bond donors (Lipinski definition) is 1. The molecule has 0 aromatic heterocycles. The fourth-order valence-electron chi connectivity index (χ4n) is 4.31. The van der Waals surface area contributed by atoms with Gasteiger partial charge in [0.25, 0.3) is 0 Å². The molecule has 0 aromatic carbocycles. The third-order valence-electron chi connectivity index (χ3n) is 5.31. The van der Waals surface area contributed by atoms with E-state index in [1.165, 1.54) is 45.1 Å². The van der Waals surface area contributed by atoms with Crippen LogP contribution in [0.5, 0.6) is 0 Å². The Balaban J connectivity index is 1.79. The highest BCUT2D eigenvalue weighted by Gasteiger charge is 2.46. The lowest BCUT2D eigenvalue weighted by molar-refractivity contribution is -0.0291. The first-order chi connectivity index (χ1) is 8.36. The number of piperidine rings is 1. The van der Waals surface area contributed by atoms with E-state index >= 15 is 0 Å². The van der Waals surface area contributed by atoms with Crippen LogP contribution in [0.2, 0.25) is 0 Å². The zero-order chi connectivity index (χ0) is 11.7. The second-order valence-electron chi connectivity index (χ2n) is 6.18. The minimum absolute atomic E-state index is 0.181. The summed E-state index contributed by atoms with van der Waals surface area (Å²) in [7, 11) is 0. The molecule has 0 amide bonds. The molecule has 3 rings (SSSR count). The van der Waals surface area contributed by atoms with Crippen LogP contribution in [0.15, 0.2) is 0 Å². The summed E-state index contributed by atoms with van der Waals surface area (Å²) < 4.78 is 5.66. The molecule has 3 nitrogen and oxygen atoms in total. The Morgan fingerprint density at radius 3 is 2.76 bits per heavy atom. The van der Waals surface area contributed by atoms with E-state index in [2.05, 4.69) is 4.90 Å². The van der Waals surface area contributed by atoms with Crippen molar-refractivity contribution < 1.29 is 4.74 Å². The minimum atomic E-state index is 0.181. The van der Waals surface area contributed by atoms with Gasteiger partial charge in [0.15, 0.2) is 0 Å². The third-order valence-corrected chi connectivity index (χ3v) is 5.31. The van der Waals surface area contributed by atoms with Crippen LogP contribution < -0.4 is 5.73 Å². The molecule has 2 heterocycles. The van der Waals surface area contributed by atoms with Crippen LogP contribution in [0.4, 0.5) is 0 Å². The second kappa shape index (κ2) is 4.87. The molecule has 0 spiro atoms. The Morgan fingerprint density at radius 2 is 2.00 bits per heavy atom. The maximum atomic E-state index is 6.10. The average Bonchev–Trinajstić information content (AvgIpc) is 2.88. The summed E-state index contributed by atoms with van der Waals surface area (Å²) in [4.78, 5) is 2.76. The lowest BCUT2D eigenvalue weighted by Gasteiger charge is -2.51. The lowest BCUT2D eigenvalue weighted by Crippen LogP contribution is -2.62. The number of nitrogens with zero attached hydrogens (tertiary/aromatic N) is 1. The molecule has 2 N–H and O–H groups in total. The van der Waals surface area contributed by atoms with Crippen molar-refractivity contribution in [2.45, 2.75) is 56.5 Å². The number of fused-ring (bicyclic) bond motifs is 1. The molecule has 3 fully saturated rings. The summed E-state index contributed by atoms with van der Waals surface area (Å²) in [5, 5.41) is 0. The standard InChI is InChI=1S/C14H26N2O/c15-10-14(7-9-17-11-14)16-8-3-5-12-4-1-2-6-13(12)16/h12-13H,1-11,15H2/t12-,13-,14?/m1/s1. The Labute approximate surface area is 105 Å². The van der Waals surface area contributed by atoms with Gasteiger partial charge in [0.2, 0.25) is 0 Å². The van der Waals surface area contributed by atoms with Crippen molar-refractivity contribution in [1.29, 1.82) is 0 Å². The van der Waals surface area contributed by atoms with Crippen LogP contribution in [0.1, 0.15) is 44.9 Å². The SMILES string of the molecule is NCC1(N2CCC[C@H]3CCCC[C@H]32)CCOC1. The van der Waals surface area contributed by atoms with Gasteiger partial charge in [-0.1, -0.05) is 12.8 Å². The average molecular weight is 238 g/mol. The monoisotopic (exact) mass is 238 g/mol. The van der Waals surface area contributed by atoms with Crippen LogP contribution in [-0.2, 0) is 4.74 Å². The first-order valence-electron chi connectivity index (χ1n) is 7.40. The summed E-state index contributed by atoms with van der Waals surface area (Å²) in [5.74, 6) is 0.946. The molecule has 3 atom stereocenters. The lowest BCUT2D eigenvalue weighted by atomic mass is 9.75. The minimum Gasteiger partial charge on any atom is -0.379 e. The number of nitrogens with two attached hydrogens (primary N) is 1. The highest BCUT2D eigenvalue weighted by Crippen LogP contribution is 2.40. The van der Waals surface area contributed by atoms with Crippen molar-refractivity contribution in [3.05, 3.63) is 0 Å². The Hall–Kier alpha value is -0.120. The maximum Gasteiger partial charge on any atom is 0.0663 e. The van der Waals surface area contributed by atoms with E-state index in [9.17, 15) is 0 Å². The molecule has 17 heavy (non-hydrogen) atoms. The number of hydrogen-bond acceptors (Lipinski definition) is 3. The summed E-state index contributed by atoms with van der Waals surface area (Å²) in [6.45, 7) is 3.80. The van der Waals surface area contributed by atoms with Gasteiger partial charge in [0.1, 0.15) is 0 Å². The van der Waals surface area contributed by atoms with E-state index in [1.54, 1.807) is 0 Å². The van der Waals surface area contributed by atoms with Crippen LogP contribution >= 0.6 is 0 Å². The van der Waals surface area contributed by atoms with Crippen LogP contribution in [0.3, 0.4) is 0 Å². The predicted octanol–water partition coefficient (Wildman–Crippen LogP) is 1.76. The molecule has 0 aromatic rings. The molecule has 1 unspecified atom stereocenters. The summed E-state index contributed by atoms with van der Waals surface area (Å²) in [6, 6.07) is 0.808. The molecule has 3 aliphatic rings. The zero-order valence-electron chi connectivity index (χ0n) is 10.9. The summed E-state index contributed by atoms with van der Waals surface area (Å²) >= 11 is 0. The molecule has 3 heteroatoms. The fraction of sp³-hybridized carbons (Fsp3) is 1.00. The van der Waals surface area contributed by atoms with E-state index in [0.29, 0.717) is 0 Å². The number of ether oxygens (including phenoxy) is 1. The molecule has 98 valence electrons. The van der Waals surface area contributed by atoms with Crippen molar-refractivity contribution in [2.75, 3.05) is 26.3 Å². The normalized spacial score (nSPS) is 43.6. The van der Waals surface area contributed by atoms with Crippen LogP contribution in [-0.4, -0.2) is 42.8 Å². The highest BCUT2D eigenvalue weighted by atomic mass is 16.5. The van der Waals surface area contributed by atoms with Crippen molar-refractivity contribution >= 4 is 0 Å². The van der Waals surface area contributed by atoms with Gasteiger partial charge >= 0.3 is 0 Å². The predicted molar refractivity (Wildman–Crippen MR) is 68.9 cm³/mol. The summed E-state index contributed by atoms with van der Waals surface area (Å²) in [6.07, 6.45) is 9.66. The maximum absolute atomic E-state index is 6.10. The van der Waals surface area contributed by atoms with Crippen molar-refractivity contribution in [3.63, 3.8) is 0 Å². The summed E-state index contributed by atoms with van der Waals surface area (Å²) in [5.41, 5.74) is 6.28. The topological polar surface area (TPSA) is 38.5 Å². The number of likely N-dealkylation sites (tertiary alicyclic amines) is 1. The molecule has 0 bridgehead atoms. The fourth-order valence-corrected chi connectivity index (χ4v) is 4.31. The van der Waals surface area contributed by atoms with Crippen molar-refractivity contribution in [2.24, 2.45) is 11.7 Å². The number of rotatable bonds is 2. The quantitative estimate of drug-likeness (QED) is 0.796. The Bertz CT molecular complexity index is 261. The third kappa shape index (κ3) is 2.02. The zero-order valence-corrected chi connectivity index (χ0v) is 10.9. The smallest absolute Gasteiger partial charge is 0.0663 e.